The molecule has 0 aliphatic carbocycles. The first-order chi connectivity index (χ1) is 47.2. The number of thioether (sulfide) groups is 1. The van der Waals surface area contributed by atoms with E-state index in [1.54, 1.807) is 24.3 Å². The zero-order chi connectivity index (χ0) is 71.7. The van der Waals surface area contributed by atoms with Crippen molar-refractivity contribution in [1.82, 2.24) is 0 Å². The van der Waals surface area contributed by atoms with Crippen LogP contribution in [0, 0.1) is 0 Å². The van der Waals surface area contributed by atoms with E-state index in [2.05, 4.69) is 0 Å². The van der Waals surface area contributed by atoms with Crippen molar-refractivity contribution in [3.05, 3.63) is 29.8 Å². The van der Waals surface area contributed by atoms with Crippen LogP contribution in [-0.4, -0.2) is 426 Å². The van der Waals surface area contributed by atoms with Crippen molar-refractivity contribution < 1.29 is 203 Å². The third-order valence-electron chi connectivity index (χ3n) is 18.7. The number of carbonyl (C=O) groups is 1. The van der Waals surface area contributed by atoms with Crippen LogP contribution in [0.5, 0.6) is 0 Å². The maximum absolute atomic E-state index is 12.0. The van der Waals surface area contributed by atoms with Gasteiger partial charge in [-0.05, 0) is 24.1 Å². The molecule has 0 unspecified atom stereocenters. The summed E-state index contributed by atoms with van der Waals surface area (Å²) in [5.74, 6) is -1.36. The monoisotopic (exact) mass is 1460 g/mol. The van der Waals surface area contributed by atoms with Crippen molar-refractivity contribution in [2.45, 2.75) is 263 Å². The van der Waals surface area contributed by atoms with Gasteiger partial charge in [-0.3, -0.25) is 4.79 Å². The standard InChI is InChI=1S/C57H88O41S/c58-7-17-42-26(67)34(75)50(83-17)92-43-18(8-59)85-52(36(77)28(43)69)94-45-20(10-61)87-54(38(79)30(45)71)96-47-22(12-63)89-56(40(81)32(47)73)98-49-24(14-99-16-3-1-2-15(6-16)4-5-25(65)66)90-57(41(82)33(49)74)97-48-23(13-64)88-55(39(80)31(48)72)95-46-21(11-62)86-53(37(78)29(46)70)93-44-19(9-60)84-51(91-42)35(76)27(44)68/h1-3,6,17-24,26-64,67-82H,4-5,7-14H2,(H,65,66)/t17-,18-,19+,20-,21+,22-,23+,24-,26-,27-,28+,29-,30-,31-,32+,33-,34-,35-,36+,37-,38-,39-,40+,41-,42-,43-,44-,45-,46-,47-,48-,49-,50-,51-,52-,53-,54-,55-,56-,57-/m1/s1. The zero-order valence-corrected chi connectivity index (χ0v) is 52.9. The van der Waals surface area contributed by atoms with Crippen molar-refractivity contribution in [2.75, 3.05) is 52.0 Å². The molecule has 42 heteroatoms. The fourth-order valence-electron chi connectivity index (χ4n) is 13.1. The highest BCUT2D eigenvalue weighted by molar-refractivity contribution is 7.99. The van der Waals surface area contributed by atoms with Gasteiger partial charge in [-0.15, -0.1) is 11.8 Å². The minimum absolute atomic E-state index is 0.114. The number of aliphatic hydroxyl groups excluding tert-OH is 23. The van der Waals surface area contributed by atoms with E-state index in [1.807, 2.05) is 0 Å². The lowest BCUT2D eigenvalue weighted by Crippen LogP contribution is -2.69. The van der Waals surface area contributed by atoms with E-state index in [0.29, 0.717) is 10.5 Å². The van der Waals surface area contributed by atoms with Crippen LogP contribution in [-0.2, 0) is 87.0 Å². The van der Waals surface area contributed by atoms with Gasteiger partial charge in [-0.2, -0.15) is 0 Å². The molecule has 1 aromatic carbocycles. The van der Waals surface area contributed by atoms with E-state index >= 15 is 0 Å². The third kappa shape index (κ3) is 16.7. The third-order valence-corrected chi connectivity index (χ3v) is 19.7. The predicted molar refractivity (Wildman–Crippen MR) is 307 cm³/mol. The second-order valence-electron chi connectivity index (χ2n) is 25.1. The van der Waals surface area contributed by atoms with Crippen molar-refractivity contribution >= 4 is 17.7 Å². The number of hydrogen-bond donors (Lipinski definition) is 24. The summed E-state index contributed by atoms with van der Waals surface area (Å²) in [5, 5.41) is 268. The molecule has 0 amide bonds. The molecule has 30 heterocycles. The summed E-state index contributed by atoms with van der Waals surface area (Å²) >= 11 is 1.02. The maximum Gasteiger partial charge on any atom is 0.303 e. The Morgan fingerprint density at radius 2 is 0.495 bits per heavy atom. The first-order valence-electron chi connectivity index (χ1n) is 31.8. The Morgan fingerprint density at radius 3 is 0.697 bits per heavy atom. The topological polar surface area (TPSA) is 650 Å². The van der Waals surface area contributed by atoms with Gasteiger partial charge in [-0.1, -0.05) is 12.1 Å². The summed E-state index contributed by atoms with van der Waals surface area (Å²) < 4.78 is 93.2. The molecule has 30 aliphatic rings. The maximum atomic E-state index is 12.0. The second-order valence-corrected chi connectivity index (χ2v) is 26.2. The number of benzene rings is 1. The fraction of sp³-hybridized carbons (Fsp3) is 0.877. The van der Waals surface area contributed by atoms with Gasteiger partial charge < -0.3 is 198 Å². The van der Waals surface area contributed by atoms with Crippen molar-refractivity contribution in [2.24, 2.45) is 0 Å². The average Bonchev–Trinajstić information content (AvgIpc) is 0.780. The molecule has 24 N–H and O–H groups in total. The lowest BCUT2D eigenvalue weighted by molar-refractivity contribution is -0.403. The summed E-state index contributed by atoms with van der Waals surface area (Å²) in [7, 11) is 0. The van der Waals surface area contributed by atoms with Crippen LogP contribution >= 0.6 is 11.8 Å². The number of aliphatic hydroxyl groups is 23. The van der Waals surface area contributed by atoms with Crippen LogP contribution < -0.4 is 0 Å². The molecule has 0 aromatic heterocycles. The van der Waals surface area contributed by atoms with Gasteiger partial charge in [-0.25, -0.2) is 0 Å². The Hall–Kier alpha value is -2.52. The van der Waals surface area contributed by atoms with Crippen molar-refractivity contribution in [1.29, 1.82) is 0 Å². The zero-order valence-electron chi connectivity index (χ0n) is 52.1. The molecular weight excluding hydrogens is 1370 g/mol. The molecule has 41 nitrogen and oxygen atoms in total. The fourth-order valence-corrected chi connectivity index (χ4v) is 14.1. The SMILES string of the molecule is O=C(O)CCc1cccc(SC[C@H]2O[C@@H]3O[C@H]4[C@H](O)[C@@H](O)[C@@H](O[C@H]5[C@H](O)[C@@H](O)[C@@H](O[C@H]6[C@H](O)[C@@H](O)[C@@H](O[C@H]7[C@H](O)[C@@H](O)[C@@H](O[C@H]8[C@@H](O)[C@H](O)[C@@H](O[C@H]9[C@H](O)[C@@H](O)[C@@H](O[C@H]%10[C@@H](O)[C@H](O)[C@@H](O[C@H]2[C@H](O)[C@H]3O)O[C@@H]%10CO)O[C@@H]9CO)O[C@@H]8CO)O[C@@H]7CO)O[C@H]6CO)O[C@H]5CO)O[C@H]4CO)c1. The van der Waals surface area contributed by atoms with Crippen LogP contribution in [0.2, 0.25) is 0 Å². The summed E-state index contributed by atoms with van der Waals surface area (Å²) in [6, 6.07) is 6.54. The molecule has 30 aliphatic heterocycles. The number of rotatable bonds is 13. The summed E-state index contributed by atoms with van der Waals surface area (Å²) in [6.07, 6.45) is -82.2. The number of ether oxygens (including phenoxy) is 16. The smallest absolute Gasteiger partial charge is 0.303 e. The Balaban J connectivity index is 0.933. The van der Waals surface area contributed by atoms with E-state index in [1.165, 1.54) is 0 Å². The minimum atomic E-state index is -2.27. The lowest BCUT2D eigenvalue weighted by atomic mass is 9.95. The summed E-state index contributed by atoms with van der Waals surface area (Å²) in [4.78, 5) is 11.9. The second kappa shape index (κ2) is 34.4. The molecule has 30 saturated heterocycles. The normalized spacial score (nSPS) is 50.5. The lowest BCUT2D eigenvalue weighted by Gasteiger charge is -2.50. The predicted octanol–water partition coefficient (Wildman–Crippen LogP) is -14.6. The molecule has 568 valence electrons. The van der Waals surface area contributed by atoms with Gasteiger partial charge in [0.05, 0.1) is 52.4 Å². The Kier molecular flexibility index (Phi) is 27.4. The van der Waals surface area contributed by atoms with E-state index < -0.39 is 298 Å². The number of hydrogen-bond acceptors (Lipinski definition) is 41. The molecule has 31 rings (SSSR count). The number of carboxylic acid groups (broad SMARTS) is 1. The van der Waals surface area contributed by atoms with E-state index in [0.717, 1.165) is 11.8 Å². The number of carboxylic acids is 1. The highest BCUT2D eigenvalue weighted by Gasteiger charge is 2.60. The van der Waals surface area contributed by atoms with Gasteiger partial charge in [0.15, 0.2) is 50.3 Å². The molecule has 40 atom stereocenters. The molecule has 30 fully saturated rings. The van der Waals surface area contributed by atoms with Gasteiger partial charge in [0.2, 0.25) is 0 Å². The number of aryl methyl sites for hydroxylation is 1. The molecule has 1 aromatic rings. The first kappa shape index (κ1) is 79.1. The van der Waals surface area contributed by atoms with Crippen LogP contribution in [0.15, 0.2) is 29.2 Å². The Morgan fingerprint density at radius 1 is 0.293 bits per heavy atom. The molecule has 0 spiro atoms. The van der Waals surface area contributed by atoms with E-state index in [9.17, 15) is 127 Å². The molecule has 16 bridgehead atoms. The van der Waals surface area contributed by atoms with Crippen LogP contribution in [0.25, 0.3) is 0 Å². The quantitative estimate of drug-likeness (QED) is 0.0816. The largest absolute Gasteiger partial charge is 0.481 e. The van der Waals surface area contributed by atoms with Crippen molar-refractivity contribution in [3.8, 4) is 0 Å². The summed E-state index contributed by atoms with van der Waals surface area (Å²) in [6.45, 7) is -7.62. The molecular formula is C57H88O41S. The van der Waals surface area contributed by atoms with Gasteiger partial charge in [0.25, 0.3) is 0 Å². The minimum Gasteiger partial charge on any atom is -0.481 e. The average molecular weight is 1460 g/mol. The molecule has 0 saturated carbocycles. The van der Waals surface area contributed by atoms with Crippen molar-refractivity contribution in [3.63, 3.8) is 0 Å². The highest BCUT2D eigenvalue weighted by Crippen LogP contribution is 2.41. The summed E-state index contributed by atoms with van der Waals surface area (Å²) in [5.41, 5.74) is 0.589. The van der Waals surface area contributed by atoms with Gasteiger partial charge in [0.1, 0.15) is 189 Å². The number of aliphatic carboxylic acids is 1. The molecule has 0 radical (unpaired) electrons. The van der Waals surface area contributed by atoms with Gasteiger partial charge in [0, 0.05) is 17.1 Å². The van der Waals surface area contributed by atoms with Crippen LogP contribution in [0.3, 0.4) is 0 Å². The highest BCUT2D eigenvalue weighted by atomic mass is 32.2. The molecule has 99 heavy (non-hydrogen) atoms. The van der Waals surface area contributed by atoms with E-state index in [4.69, 9.17) is 75.8 Å². The van der Waals surface area contributed by atoms with Crippen LogP contribution in [0.4, 0.5) is 0 Å². The van der Waals surface area contributed by atoms with E-state index in [-0.39, 0.29) is 18.6 Å². The Labute approximate surface area is 564 Å². The Bertz CT molecular complexity index is 2670. The van der Waals surface area contributed by atoms with Crippen LogP contribution in [0.1, 0.15) is 12.0 Å². The van der Waals surface area contributed by atoms with Gasteiger partial charge >= 0.3 is 5.97 Å². The first-order valence-corrected chi connectivity index (χ1v) is 32.8.